The number of rotatable bonds is 3. The summed E-state index contributed by atoms with van der Waals surface area (Å²) in [6.07, 6.45) is 4.19. The van der Waals surface area contributed by atoms with Crippen LogP contribution in [0.15, 0.2) is 18.2 Å². The van der Waals surface area contributed by atoms with E-state index in [2.05, 4.69) is 24.4 Å². The smallest absolute Gasteiger partial charge is 0.251 e. The average Bonchev–Trinajstić information content (AvgIpc) is 2.91. The maximum atomic E-state index is 12.1. The molecule has 21 heavy (non-hydrogen) atoms. The molecule has 3 unspecified atom stereocenters. The molecule has 4 nitrogen and oxygen atoms in total. The summed E-state index contributed by atoms with van der Waals surface area (Å²) in [4.78, 5) is 12.1. The highest BCUT2D eigenvalue weighted by molar-refractivity contribution is 5.96. The van der Waals surface area contributed by atoms with Crippen molar-refractivity contribution in [2.24, 2.45) is 11.7 Å². The third-order valence-electron chi connectivity index (χ3n) is 4.80. The van der Waals surface area contributed by atoms with E-state index in [9.17, 15) is 4.79 Å². The van der Waals surface area contributed by atoms with E-state index in [0.717, 1.165) is 55.5 Å². The maximum Gasteiger partial charge on any atom is 0.251 e. The van der Waals surface area contributed by atoms with Gasteiger partial charge in [-0.05, 0) is 42.9 Å². The van der Waals surface area contributed by atoms with Crippen LogP contribution in [-0.4, -0.2) is 25.2 Å². The Morgan fingerprint density at radius 1 is 1.48 bits per heavy atom. The van der Waals surface area contributed by atoms with Crippen LogP contribution < -0.4 is 11.1 Å². The minimum Gasteiger partial charge on any atom is -0.378 e. The van der Waals surface area contributed by atoms with Gasteiger partial charge in [-0.15, -0.1) is 0 Å². The van der Waals surface area contributed by atoms with Crippen LogP contribution in [-0.2, 0) is 11.2 Å². The fourth-order valence-electron chi connectivity index (χ4n) is 3.55. The van der Waals surface area contributed by atoms with E-state index in [1.54, 1.807) is 0 Å². The van der Waals surface area contributed by atoms with Gasteiger partial charge in [-0.1, -0.05) is 19.1 Å². The van der Waals surface area contributed by atoms with Gasteiger partial charge >= 0.3 is 0 Å². The SMILES string of the molecule is CCC1OCCC1C(N)c1ccc2c(c1)C(=O)NCCC2. The molecule has 1 saturated heterocycles. The summed E-state index contributed by atoms with van der Waals surface area (Å²) >= 11 is 0. The number of fused-ring (bicyclic) bond motifs is 1. The number of hydrogen-bond acceptors (Lipinski definition) is 3. The summed E-state index contributed by atoms with van der Waals surface area (Å²) in [5.41, 5.74) is 9.46. The van der Waals surface area contributed by atoms with Crippen molar-refractivity contribution >= 4 is 5.91 Å². The van der Waals surface area contributed by atoms with Crippen molar-refractivity contribution in [2.75, 3.05) is 13.2 Å². The van der Waals surface area contributed by atoms with Crippen molar-refractivity contribution in [3.63, 3.8) is 0 Å². The van der Waals surface area contributed by atoms with E-state index < -0.39 is 0 Å². The molecule has 4 heteroatoms. The third kappa shape index (κ3) is 2.83. The van der Waals surface area contributed by atoms with Gasteiger partial charge in [0, 0.05) is 30.7 Å². The highest BCUT2D eigenvalue weighted by atomic mass is 16.5. The van der Waals surface area contributed by atoms with Crippen LogP contribution in [0.25, 0.3) is 0 Å². The molecule has 1 fully saturated rings. The third-order valence-corrected chi connectivity index (χ3v) is 4.80. The molecule has 2 aliphatic heterocycles. The lowest BCUT2D eigenvalue weighted by atomic mass is 9.86. The van der Waals surface area contributed by atoms with Gasteiger partial charge in [0.2, 0.25) is 0 Å². The Morgan fingerprint density at radius 2 is 2.33 bits per heavy atom. The standard InChI is InChI=1S/C17H24N2O2/c1-2-15-13(7-9-21-15)16(18)12-6-5-11-4-3-8-19-17(20)14(11)10-12/h5-6,10,13,15-16H,2-4,7-9,18H2,1H3,(H,19,20). The van der Waals surface area contributed by atoms with Crippen molar-refractivity contribution in [3.8, 4) is 0 Å². The fraction of sp³-hybridized carbons (Fsp3) is 0.588. The number of carbonyl (C=O) groups excluding carboxylic acids is 1. The Bertz CT molecular complexity index is 530. The number of benzene rings is 1. The minimum atomic E-state index is -0.0567. The molecule has 2 aliphatic rings. The largest absolute Gasteiger partial charge is 0.378 e. The second-order valence-electron chi connectivity index (χ2n) is 6.07. The van der Waals surface area contributed by atoms with Gasteiger partial charge in [-0.25, -0.2) is 0 Å². The van der Waals surface area contributed by atoms with Crippen LogP contribution in [0, 0.1) is 5.92 Å². The van der Waals surface area contributed by atoms with Gasteiger partial charge in [0.05, 0.1) is 6.10 Å². The van der Waals surface area contributed by atoms with Crippen molar-refractivity contribution in [1.29, 1.82) is 0 Å². The van der Waals surface area contributed by atoms with Gasteiger partial charge in [0.15, 0.2) is 0 Å². The van der Waals surface area contributed by atoms with Crippen molar-refractivity contribution in [2.45, 2.75) is 44.8 Å². The first-order valence-electron chi connectivity index (χ1n) is 7.99. The molecule has 0 saturated carbocycles. The molecule has 3 atom stereocenters. The Hall–Kier alpha value is -1.39. The van der Waals surface area contributed by atoms with E-state index in [0.29, 0.717) is 5.92 Å². The lowest BCUT2D eigenvalue weighted by Crippen LogP contribution is -2.28. The molecule has 0 aromatic heterocycles. The molecule has 1 amide bonds. The number of hydrogen-bond donors (Lipinski definition) is 2. The summed E-state index contributed by atoms with van der Waals surface area (Å²) in [7, 11) is 0. The highest BCUT2D eigenvalue weighted by Gasteiger charge is 2.33. The number of aryl methyl sites for hydroxylation is 1. The zero-order valence-electron chi connectivity index (χ0n) is 12.6. The van der Waals surface area contributed by atoms with E-state index in [-0.39, 0.29) is 18.1 Å². The molecule has 3 rings (SSSR count). The lowest BCUT2D eigenvalue weighted by Gasteiger charge is -2.24. The van der Waals surface area contributed by atoms with Gasteiger partial charge < -0.3 is 15.8 Å². The van der Waals surface area contributed by atoms with Crippen LogP contribution >= 0.6 is 0 Å². The Labute approximate surface area is 126 Å². The molecule has 3 N–H and O–H groups in total. The minimum absolute atomic E-state index is 0.0336. The van der Waals surface area contributed by atoms with Gasteiger partial charge in [0.25, 0.3) is 5.91 Å². The summed E-state index contributed by atoms with van der Waals surface area (Å²) in [5.74, 6) is 0.383. The zero-order chi connectivity index (χ0) is 14.8. The van der Waals surface area contributed by atoms with Crippen molar-refractivity contribution in [3.05, 3.63) is 34.9 Å². The van der Waals surface area contributed by atoms with Gasteiger partial charge in [-0.2, -0.15) is 0 Å². The second kappa shape index (κ2) is 6.16. The normalized spacial score (nSPS) is 26.9. The van der Waals surface area contributed by atoms with Gasteiger partial charge in [0.1, 0.15) is 0 Å². The van der Waals surface area contributed by atoms with Crippen molar-refractivity contribution in [1.82, 2.24) is 5.32 Å². The molecule has 1 aromatic rings. The number of nitrogens with one attached hydrogen (secondary N) is 1. The summed E-state index contributed by atoms with van der Waals surface area (Å²) in [5, 5.41) is 2.95. The predicted molar refractivity (Wildman–Crippen MR) is 82.2 cm³/mol. The Balaban J connectivity index is 1.87. The molecule has 0 radical (unpaired) electrons. The molecule has 2 heterocycles. The number of ether oxygens (including phenoxy) is 1. The average molecular weight is 288 g/mol. The molecule has 1 aromatic carbocycles. The first-order valence-corrected chi connectivity index (χ1v) is 7.99. The van der Waals surface area contributed by atoms with E-state index >= 15 is 0 Å². The monoisotopic (exact) mass is 288 g/mol. The van der Waals surface area contributed by atoms with Gasteiger partial charge in [-0.3, -0.25) is 4.79 Å². The summed E-state index contributed by atoms with van der Waals surface area (Å²) in [6.45, 7) is 3.69. The zero-order valence-corrected chi connectivity index (χ0v) is 12.6. The maximum absolute atomic E-state index is 12.1. The quantitative estimate of drug-likeness (QED) is 0.896. The van der Waals surface area contributed by atoms with Crippen LogP contribution in [0.3, 0.4) is 0 Å². The topological polar surface area (TPSA) is 64.3 Å². The summed E-state index contributed by atoms with van der Waals surface area (Å²) in [6, 6.07) is 6.10. The second-order valence-corrected chi connectivity index (χ2v) is 6.07. The van der Waals surface area contributed by atoms with Crippen LogP contribution in [0.4, 0.5) is 0 Å². The molecule has 0 bridgehead atoms. The Kier molecular flexibility index (Phi) is 4.27. The fourth-order valence-corrected chi connectivity index (χ4v) is 3.55. The Morgan fingerprint density at radius 3 is 3.14 bits per heavy atom. The van der Waals surface area contributed by atoms with Crippen molar-refractivity contribution < 1.29 is 9.53 Å². The molecular weight excluding hydrogens is 264 g/mol. The first kappa shape index (κ1) is 14.5. The molecular formula is C17H24N2O2. The number of nitrogens with two attached hydrogens (primary N) is 1. The van der Waals surface area contributed by atoms with Crippen LogP contribution in [0.5, 0.6) is 0 Å². The van der Waals surface area contributed by atoms with Crippen LogP contribution in [0.1, 0.15) is 53.7 Å². The number of carbonyl (C=O) groups is 1. The molecule has 0 spiro atoms. The highest BCUT2D eigenvalue weighted by Crippen LogP contribution is 2.34. The lowest BCUT2D eigenvalue weighted by molar-refractivity contribution is 0.0813. The molecule has 114 valence electrons. The summed E-state index contributed by atoms with van der Waals surface area (Å²) < 4.78 is 5.75. The first-order chi connectivity index (χ1) is 10.2. The molecule has 0 aliphatic carbocycles. The van der Waals surface area contributed by atoms with E-state index in [1.165, 1.54) is 0 Å². The van der Waals surface area contributed by atoms with Crippen LogP contribution in [0.2, 0.25) is 0 Å². The van der Waals surface area contributed by atoms with E-state index in [4.69, 9.17) is 10.5 Å². The number of amides is 1. The predicted octanol–water partition coefficient (Wildman–Crippen LogP) is 2.18. The van der Waals surface area contributed by atoms with E-state index in [1.807, 2.05) is 6.07 Å².